The van der Waals surface area contributed by atoms with E-state index >= 15 is 0 Å². The van der Waals surface area contributed by atoms with Gasteiger partial charge in [0.25, 0.3) is 12.3 Å². The van der Waals surface area contributed by atoms with Crippen LogP contribution in [0.25, 0.3) is 11.1 Å². The second kappa shape index (κ2) is 12.6. The SMILES string of the molecule is COc1cnc(C(F)F)cc1-c1cc(C2CCOCC2)ncc1C(N)=O.N=C(C#CC1CC1)SN.[HH]. The van der Waals surface area contributed by atoms with E-state index in [1.807, 2.05) is 0 Å². The van der Waals surface area contributed by atoms with E-state index in [1.54, 1.807) is 6.07 Å². The molecule has 2 aromatic rings. The van der Waals surface area contributed by atoms with Crippen LogP contribution in [0.15, 0.2) is 24.5 Å². The van der Waals surface area contributed by atoms with E-state index in [4.69, 9.17) is 25.8 Å². The lowest BCUT2D eigenvalue weighted by molar-refractivity contribution is 0.0844. The molecular formula is C24H29F2N5O3S. The molecule has 4 rings (SSSR count). The molecule has 1 aliphatic heterocycles. The number of amides is 1. The van der Waals surface area contributed by atoms with Crippen LogP contribution < -0.4 is 15.6 Å². The maximum absolute atomic E-state index is 13.1. The Hall–Kier alpha value is -3.07. The molecule has 2 aliphatic rings. The largest absolute Gasteiger partial charge is 0.494 e. The maximum Gasteiger partial charge on any atom is 0.280 e. The molecule has 2 fully saturated rings. The third kappa shape index (κ3) is 7.45. The van der Waals surface area contributed by atoms with Crippen molar-refractivity contribution >= 4 is 22.9 Å². The Morgan fingerprint density at radius 3 is 2.51 bits per heavy atom. The average Bonchev–Trinajstić information content (AvgIpc) is 3.72. The van der Waals surface area contributed by atoms with Crippen LogP contribution in [-0.2, 0) is 4.74 Å². The Morgan fingerprint density at radius 1 is 1.23 bits per heavy atom. The molecule has 1 amide bonds. The Morgan fingerprint density at radius 2 is 1.94 bits per heavy atom. The van der Waals surface area contributed by atoms with Crippen LogP contribution in [0, 0.1) is 23.2 Å². The van der Waals surface area contributed by atoms with Gasteiger partial charge >= 0.3 is 0 Å². The van der Waals surface area contributed by atoms with Gasteiger partial charge in [0.1, 0.15) is 11.4 Å². The number of primary amides is 1. The number of rotatable bonds is 5. The topological polar surface area (TPSA) is 137 Å². The number of aromatic nitrogens is 2. The summed E-state index contributed by atoms with van der Waals surface area (Å²) in [5.41, 5.74) is 6.72. The molecule has 2 aromatic heterocycles. The molecule has 188 valence electrons. The summed E-state index contributed by atoms with van der Waals surface area (Å²) in [4.78, 5) is 19.9. The molecule has 0 radical (unpaired) electrons. The highest BCUT2D eigenvalue weighted by molar-refractivity contribution is 8.12. The first-order chi connectivity index (χ1) is 16.8. The van der Waals surface area contributed by atoms with Gasteiger partial charge < -0.3 is 15.2 Å². The molecule has 1 aliphatic carbocycles. The minimum Gasteiger partial charge on any atom is -0.494 e. The third-order valence-electron chi connectivity index (χ3n) is 5.54. The van der Waals surface area contributed by atoms with Crippen molar-refractivity contribution in [2.24, 2.45) is 16.8 Å². The zero-order valence-corrected chi connectivity index (χ0v) is 20.0. The van der Waals surface area contributed by atoms with Gasteiger partial charge in [-0.2, -0.15) is 0 Å². The van der Waals surface area contributed by atoms with Crippen LogP contribution in [0.4, 0.5) is 8.78 Å². The van der Waals surface area contributed by atoms with Crippen molar-refractivity contribution in [1.29, 1.82) is 5.41 Å². The molecular weight excluding hydrogens is 476 g/mol. The Labute approximate surface area is 208 Å². The molecule has 11 heteroatoms. The lowest BCUT2D eigenvalue weighted by Gasteiger charge is -2.22. The highest BCUT2D eigenvalue weighted by Crippen LogP contribution is 2.36. The van der Waals surface area contributed by atoms with Gasteiger partial charge in [-0.05, 0) is 55.7 Å². The van der Waals surface area contributed by atoms with Crippen molar-refractivity contribution in [2.75, 3.05) is 20.3 Å². The molecule has 0 bridgehead atoms. The van der Waals surface area contributed by atoms with E-state index < -0.39 is 18.0 Å². The second-order valence-corrected chi connectivity index (χ2v) is 8.65. The smallest absolute Gasteiger partial charge is 0.280 e. The normalized spacial score (nSPS) is 15.5. The van der Waals surface area contributed by atoms with Crippen molar-refractivity contribution in [3.63, 3.8) is 0 Å². The minimum absolute atomic E-state index is 0. The molecule has 1 saturated carbocycles. The van der Waals surface area contributed by atoms with Crippen LogP contribution in [0.2, 0.25) is 0 Å². The molecule has 35 heavy (non-hydrogen) atoms. The van der Waals surface area contributed by atoms with E-state index in [0.29, 0.717) is 30.3 Å². The third-order valence-corrected chi connectivity index (χ3v) is 5.88. The molecule has 1 saturated heterocycles. The summed E-state index contributed by atoms with van der Waals surface area (Å²) in [7, 11) is 1.41. The van der Waals surface area contributed by atoms with Gasteiger partial charge in [0.2, 0.25) is 0 Å². The van der Waals surface area contributed by atoms with E-state index in [0.717, 1.165) is 30.5 Å². The number of nitrogens with one attached hydrogen (secondary N) is 1. The predicted octanol–water partition coefficient (Wildman–Crippen LogP) is 4.31. The Bertz CT molecular complexity index is 1130. The molecule has 0 atom stereocenters. The van der Waals surface area contributed by atoms with Gasteiger partial charge in [-0.1, -0.05) is 5.92 Å². The number of nitrogens with zero attached hydrogens (tertiary/aromatic N) is 2. The molecule has 8 nitrogen and oxygen atoms in total. The summed E-state index contributed by atoms with van der Waals surface area (Å²) in [5, 5.41) is 12.4. The fourth-order valence-corrected chi connectivity index (χ4v) is 3.60. The summed E-state index contributed by atoms with van der Waals surface area (Å²) < 4.78 is 36.8. The first kappa shape index (κ1) is 26.5. The van der Waals surface area contributed by atoms with Crippen LogP contribution in [0.5, 0.6) is 5.75 Å². The van der Waals surface area contributed by atoms with E-state index in [2.05, 4.69) is 21.8 Å². The van der Waals surface area contributed by atoms with Gasteiger partial charge in [0.15, 0.2) is 5.04 Å². The number of carbonyl (C=O) groups is 1. The zero-order chi connectivity index (χ0) is 25.4. The molecule has 5 N–H and O–H groups in total. The first-order valence-corrected chi connectivity index (χ1v) is 11.9. The second-order valence-electron chi connectivity index (χ2n) is 8.01. The number of carbonyl (C=O) groups excluding carboxylic acids is 1. The standard InChI is InChI=1S/C18H19F2N3O3.C6H8N2S.H2/c1-25-16-9-23-15(17(19)20)7-12(16)11-6-14(10-2-4-26-5-3-10)22-8-13(11)18(21)24;7-6(9-8)4-3-5-1-2-5;/h6-10,17H,2-5H2,1H3,(H2,21,24);5,7H,1-2,8H2;1H. The van der Waals surface area contributed by atoms with Gasteiger partial charge in [0.05, 0.1) is 18.9 Å². The van der Waals surface area contributed by atoms with Crippen LogP contribution in [0.1, 0.15) is 61.2 Å². The Kier molecular flexibility index (Phi) is 9.54. The lowest BCUT2D eigenvalue weighted by Crippen LogP contribution is -2.17. The van der Waals surface area contributed by atoms with Gasteiger partial charge in [-0.25, -0.2) is 8.78 Å². The Balaban J connectivity index is 0.000000386. The summed E-state index contributed by atoms with van der Waals surface area (Å²) in [5.74, 6) is 5.93. The number of nitrogens with two attached hydrogens (primary N) is 2. The molecule has 3 heterocycles. The summed E-state index contributed by atoms with van der Waals surface area (Å²) >= 11 is 0.904. The number of hydrogen-bond acceptors (Lipinski definition) is 8. The fraction of sp³-hybridized carbons (Fsp3) is 0.417. The van der Waals surface area contributed by atoms with Crippen molar-refractivity contribution in [3.05, 3.63) is 41.5 Å². The monoisotopic (exact) mass is 505 g/mol. The lowest BCUT2D eigenvalue weighted by atomic mass is 9.92. The molecule has 0 spiro atoms. The number of ether oxygens (including phenoxy) is 2. The number of hydrogen-bond donors (Lipinski definition) is 3. The maximum atomic E-state index is 13.1. The van der Waals surface area contributed by atoms with Crippen molar-refractivity contribution in [1.82, 2.24) is 9.97 Å². The van der Waals surface area contributed by atoms with Gasteiger partial charge in [0, 0.05) is 49.5 Å². The van der Waals surface area contributed by atoms with Gasteiger partial charge in [-0.15, -0.1) is 0 Å². The zero-order valence-electron chi connectivity index (χ0n) is 19.2. The van der Waals surface area contributed by atoms with Crippen LogP contribution in [0.3, 0.4) is 0 Å². The summed E-state index contributed by atoms with van der Waals surface area (Å²) in [6, 6.07) is 2.95. The highest BCUT2D eigenvalue weighted by Gasteiger charge is 2.23. The van der Waals surface area contributed by atoms with E-state index in [1.165, 1.54) is 38.4 Å². The molecule has 0 aromatic carbocycles. The number of methoxy groups -OCH3 is 1. The highest BCUT2D eigenvalue weighted by atomic mass is 32.2. The van der Waals surface area contributed by atoms with Crippen molar-refractivity contribution in [2.45, 2.75) is 38.0 Å². The average molecular weight is 506 g/mol. The number of pyridine rings is 2. The van der Waals surface area contributed by atoms with Crippen LogP contribution >= 0.6 is 11.9 Å². The van der Waals surface area contributed by atoms with E-state index in [9.17, 15) is 13.6 Å². The van der Waals surface area contributed by atoms with Crippen molar-refractivity contribution in [3.8, 4) is 28.7 Å². The fourth-order valence-electron chi connectivity index (χ4n) is 3.48. The van der Waals surface area contributed by atoms with Gasteiger partial charge in [-0.3, -0.25) is 25.3 Å². The number of halogens is 2. The van der Waals surface area contributed by atoms with E-state index in [-0.39, 0.29) is 23.7 Å². The quantitative estimate of drug-likeness (QED) is 0.238. The molecule has 0 unspecified atom stereocenters. The van der Waals surface area contributed by atoms with Crippen LogP contribution in [-0.4, -0.2) is 41.2 Å². The predicted molar refractivity (Wildman–Crippen MR) is 132 cm³/mol. The first-order valence-electron chi connectivity index (χ1n) is 11.0. The van der Waals surface area contributed by atoms with Crippen molar-refractivity contribution < 1.29 is 24.5 Å². The summed E-state index contributed by atoms with van der Waals surface area (Å²) in [6.07, 6.45) is 3.88. The minimum atomic E-state index is -2.74. The number of alkyl halides is 2. The summed E-state index contributed by atoms with van der Waals surface area (Å²) in [6.45, 7) is 1.26.